The Hall–Kier alpha value is -2.50. The quantitative estimate of drug-likeness (QED) is 0.668. The number of anilines is 1. The monoisotopic (exact) mass is 480 g/mol. The van der Waals surface area contributed by atoms with E-state index in [1.165, 1.54) is 28.7 Å². The maximum absolute atomic E-state index is 13.8. The van der Waals surface area contributed by atoms with Crippen LogP contribution in [0.25, 0.3) is 5.69 Å². The number of piperazine rings is 1. The Kier molecular flexibility index (Phi) is 6.73. The predicted octanol–water partition coefficient (Wildman–Crippen LogP) is 1.52. The van der Waals surface area contributed by atoms with Gasteiger partial charge in [0.1, 0.15) is 17.6 Å². The molecular formula is C22H29FN4O5S. The Balaban J connectivity index is 1.66. The van der Waals surface area contributed by atoms with Gasteiger partial charge in [-0.1, -0.05) is 6.07 Å². The molecule has 1 aliphatic heterocycles. The second-order valence-corrected chi connectivity index (χ2v) is 11.2. The molecule has 0 amide bonds. The molecule has 9 nitrogen and oxygen atoms in total. The van der Waals surface area contributed by atoms with Gasteiger partial charge in [-0.25, -0.2) is 12.8 Å². The van der Waals surface area contributed by atoms with Crippen LogP contribution in [0, 0.1) is 5.82 Å². The molecule has 33 heavy (non-hydrogen) atoms. The zero-order chi connectivity index (χ0) is 23.8. The van der Waals surface area contributed by atoms with Gasteiger partial charge in [0.2, 0.25) is 15.8 Å². The third-order valence-corrected chi connectivity index (χ3v) is 8.42. The fraction of sp³-hybridized carbons (Fsp3) is 0.545. The van der Waals surface area contributed by atoms with Gasteiger partial charge in [0.15, 0.2) is 0 Å². The van der Waals surface area contributed by atoms with Crippen molar-refractivity contribution >= 4 is 15.7 Å². The van der Waals surface area contributed by atoms with Crippen LogP contribution < -0.4 is 15.2 Å². The van der Waals surface area contributed by atoms with E-state index in [9.17, 15) is 22.7 Å². The minimum absolute atomic E-state index is 0.0773. The number of sulfonamides is 1. The summed E-state index contributed by atoms with van der Waals surface area (Å²) in [5.41, 5.74) is 0.211. The maximum atomic E-state index is 13.8. The standard InChI is InChI=1S/C22H29FN4O5S/c1-15(2)33(30,31)26-10-8-25(9-11-26)20-14-24-27(17-5-3-4-16(23)12-17)22(29)21(20)32-19-7-6-18(28)13-19/h3-5,12,14-15,18-19,28H,6-11,13H2,1-2H3. The molecule has 180 valence electrons. The van der Waals surface area contributed by atoms with E-state index in [0.717, 1.165) is 4.68 Å². The molecule has 1 saturated carbocycles. The number of aliphatic hydroxyl groups is 1. The lowest BCUT2D eigenvalue weighted by atomic mass is 10.2. The summed E-state index contributed by atoms with van der Waals surface area (Å²) in [5, 5.41) is 13.6. The van der Waals surface area contributed by atoms with Crippen molar-refractivity contribution in [2.45, 2.75) is 50.6 Å². The highest BCUT2D eigenvalue weighted by atomic mass is 32.2. The fourth-order valence-electron chi connectivity index (χ4n) is 4.23. The molecule has 1 saturated heterocycles. The SMILES string of the molecule is CC(C)S(=O)(=O)N1CCN(c2cnn(-c3cccc(F)c3)c(=O)c2OC2CCC(O)C2)CC1. The van der Waals surface area contributed by atoms with Gasteiger partial charge in [-0.15, -0.1) is 0 Å². The lowest BCUT2D eigenvalue weighted by Gasteiger charge is -2.36. The van der Waals surface area contributed by atoms with Crippen LogP contribution in [0.4, 0.5) is 10.1 Å². The van der Waals surface area contributed by atoms with Gasteiger partial charge in [-0.3, -0.25) is 4.79 Å². The van der Waals surface area contributed by atoms with Crippen LogP contribution in [0.2, 0.25) is 0 Å². The topological polar surface area (TPSA) is 105 Å². The van der Waals surface area contributed by atoms with Crippen LogP contribution in [0.1, 0.15) is 33.1 Å². The molecule has 2 aliphatic rings. The molecule has 1 aromatic carbocycles. The molecule has 4 rings (SSSR count). The molecule has 11 heteroatoms. The molecule has 1 aliphatic carbocycles. The Labute approximate surface area is 192 Å². The molecule has 0 spiro atoms. The molecule has 1 aromatic heterocycles. The third-order valence-electron chi connectivity index (χ3n) is 6.14. The Morgan fingerprint density at radius 3 is 2.52 bits per heavy atom. The summed E-state index contributed by atoms with van der Waals surface area (Å²) in [4.78, 5) is 15.3. The Bertz CT molecular complexity index is 1160. The minimum Gasteiger partial charge on any atom is -0.483 e. The number of aliphatic hydroxyl groups excluding tert-OH is 1. The molecule has 2 unspecified atom stereocenters. The van der Waals surface area contributed by atoms with E-state index in [4.69, 9.17) is 4.74 Å². The number of hydrogen-bond donors (Lipinski definition) is 1. The molecule has 0 bridgehead atoms. The van der Waals surface area contributed by atoms with E-state index < -0.39 is 32.8 Å². The van der Waals surface area contributed by atoms with E-state index >= 15 is 0 Å². The predicted molar refractivity (Wildman–Crippen MR) is 122 cm³/mol. The van der Waals surface area contributed by atoms with Gasteiger partial charge in [0.25, 0.3) is 0 Å². The van der Waals surface area contributed by atoms with Gasteiger partial charge < -0.3 is 14.7 Å². The third kappa shape index (κ3) is 4.90. The Morgan fingerprint density at radius 2 is 1.91 bits per heavy atom. The van der Waals surface area contributed by atoms with Crippen molar-refractivity contribution in [3.63, 3.8) is 0 Å². The summed E-state index contributed by atoms with van der Waals surface area (Å²) in [7, 11) is -3.36. The van der Waals surface area contributed by atoms with Crippen molar-refractivity contribution in [2.75, 3.05) is 31.1 Å². The number of halogens is 1. The first-order valence-corrected chi connectivity index (χ1v) is 12.6. The summed E-state index contributed by atoms with van der Waals surface area (Å²) in [6, 6.07) is 5.57. The molecule has 2 atom stereocenters. The Morgan fingerprint density at radius 1 is 1.18 bits per heavy atom. The van der Waals surface area contributed by atoms with Gasteiger partial charge in [0.05, 0.1) is 23.2 Å². The molecular weight excluding hydrogens is 451 g/mol. The number of aromatic nitrogens is 2. The zero-order valence-corrected chi connectivity index (χ0v) is 19.5. The summed E-state index contributed by atoms with van der Waals surface area (Å²) in [5.74, 6) is -0.414. The number of hydrogen-bond acceptors (Lipinski definition) is 7. The van der Waals surface area contributed by atoms with Crippen molar-refractivity contribution in [2.24, 2.45) is 0 Å². The lowest BCUT2D eigenvalue weighted by molar-refractivity contribution is 0.148. The largest absolute Gasteiger partial charge is 0.483 e. The number of benzene rings is 1. The first kappa shape index (κ1) is 23.7. The highest BCUT2D eigenvalue weighted by Crippen LogP contribution is 2.30. The first-order valence-electron chi connectivity index (χ1n) is 11.1. The molecule has 1 N–H and O–H groups in total. The maximum Gasteiger partial charge on any atom is 0.316 e. The minimum atomic E-state index is -3.36. The number of nitrogens with zero attached hydrogens (tertiary/aromatic N) is 4. The highest BCUT2D eigenvalue weighted by Gasteiger charge is 2.32. The van der Waals surface area contributed by atoms with E-state index in [2.05, 4.69) is 5.10 Å². The van der Waals surface area contributed by atoms with Crippen molar-refractivity contribution in [1.82, 2.24) is 14.1 Å². The van der Waals surface area contributed by atoms with Crippen LogP contribution >= 0.6 is 0 Å². The van der Waals surface area contributed by atoms with Crippen LogP contribution in [0.15, 0.2) is 35.3 Å². The molecule has 2 aromatic rings. The highest BCUT2D eigenvalue weighted by molar-refractivity contribution is 7.89. The van der Waals surface area contributed by atoms with Crippen molar-refractivity contribution in [3.05, 3.63) is 46.6 Å². The zero-order valence-electron chi connectivity index (χ0n) is 18.7. The summed E-state index contributed by atoms with van der Waals surface area (Å²) in [6.45, 7) is 4.63. The van der Waals surface area contributed by atoms with Crippen molar-refractivity contribution in [1.29, 1.82) is 0 Å². The average Bonchev–Trinajstić information content (AvgIpc) is 3.19. The first-order chi connectivity index (χ1) is 15.7. The van der Waals surface area contributed by atoms with Crippen molar-refractivity contribution < 1.29 is 22.7 Å². The fourth-order valence-corrected chi connectivity index (χ4v) is 5.50. The van der Waals surface area contributed by atoms with Gasteiger partial charge in [0, 0.05) is 32.6 Å². The molecule has 2 fully saturated rings. The second-order valence-electron chi connectivity index (χ2n) is 8.74. The summed E-state index contributed by atoms with van der Waals surface area (Å²) < 4.78 is 47.4. The lowest BCUT2D eigenvalue weighted by Crippen LogP contribution is -2.50. The van der Waals surface area contributed by atoms with Crippen LogP contribution in [-0.2, 0) is 10.0 Å². The van der Waals surface area contributed by atoms with E-state index in [1.807, 2.05) is 4.90 Å². The normalized spacial score (nSPS) is 22.2. The van der Waals surface area contributed by atoms with Gasteiger partial charge in [-0.05, 0) is 44.9 Å². The van der Waals surface area contributed by atoms with Crippen LogP contribution in [-0.4, -0.2) is 71.2 Å². The van der Waals surface area contributed by atoms with E-state index in [0.29, 0.717) is 38.0 Å². The summed E-state index contributed by atoms with van der Waals surface area (Å²) >= 11 is 0. The van der Waals surface area contributed by atoms with E-state index in [-0.39, 0.29) is 30.6 Å². The van der Waals surface area contributed by atoms with Crippen molar-refractivity contribution in [3.8, 4) is 11.4 Å². The second kappa shape index (κ2) is 9.40. The molecule has 0 radical (unpaired) electrons. The molecule has 2 heterocycles. The van der Waals surface area contributed by atoms with Crippen LogP contribution in [0.3, 0.4) is 0 Å². The van der Waals surface area contributed by atoms with Gasteiger partial charge >= 0.3 is 5.56 Å². The smallest absolute Gasteiger partial charge is 0.316 e. The van der Waals surface area contributed by atoms with Gasteiger partial charge in [-0.2, -0.15) is 14.1 Å². The number of ether oxygens (including phenoxy) is 1. The van der Waals surface area contributed by atoms with E-state index in [1.54, 1.807) is 19.9 Å². The number of rotatable bonds is 6. The summed E-state index contributed by atoms with van der Waals surface area (Å²) in [6.07, 6.45) is 2.33. The van der Waals surface area contributed by atoms with Crippen LogP contribution in [0.5, 0.6) is 5.75 Å². The average molecular weight is 481 g/mol.